The molecule has 2 saturated heterocycles. The van der Waals surface area contributed by atoms with Gasteiger partial charge in [0.15, 0.2) is 0 Å². The van der Waals surface area contributed by atoms with Crippen LogP contribution in [0.2, 0.25) is 0 Å². The fraction of sp³-hybridized carbons (Fsp3) is 0.857. The van der Waals surface area contributed by atoms with Gasteiger partial charge in [-0.3, -0.25) is 4.79 Å². The van der Waals surface area contributed by atoms with E-state index in [0.29, 0.717) is 12.1 Å². The second-order valence-corrected chi connectivity index (χ2v) is 6.97. The maximum absolute atomic E-state index is 12.3. The smallest absolute Gasteiger partial charge is 0.232 e. The van der Waals surface area contributed by atoms with E-state index in [9.17, 15) is 4.79 Å². The molecule has 2 fully saturated rings. The van der Waals surface area contributed by atoms with Crippen molar-refractivity contribution >= 4 is 23.1 Å². The van der Waals surface area contributed by atoms with Crippen molar-refractivity contribution < 1.29 is 4.79 Å². The number of hydrogen-bond acceptors (Lipinski definition) is 3. The van der Waals surface area contributed by atoms with Crippen molar-refractivity contribution in [3.05, 3.63) is 0 Å². The van der Waals surface area contributed by atoms with E-state index in [1.54, 1.807) is 13.8 Å². The molecule has 1 amide bonds. The number of hydrogen-bond donors (Lipinski definition) is 2. The molecule has 2 unspecified atom stereocenters. The second-order valence-electron chi connectivity index (χ2n) is 6.54. The Morgan fingerprint density at radius 1 is 1.32 bits per heavy atom. The van der Waals surface area contributed by atoms with Crippen LogP contribution < -0.4 is 11.1 Å². The van der Waals surface area contributed by atoms with Crippen LogP contribution in [0, 0.1) is 5.41 Å². The van der Waals surface area contributed by atoms with Crippen molar-refractivity contribution in [2.75, 3.05) is 7.05 Å². The number of piperidine rings is 2. The monoisotopic (exact) mass is 283 g/mol. The minimum atomic E-state index is -0.756. The molecule has 0 aromatic carbocycles. The normalized spacial score (nSPS) is 31.8. The Balaban J connectivity index is 1.98. The van der Waals surface area contributed by atoms with Gasteiger partial charge in [0.25, 0.3) is 0 Å². The lowest BCUT2D eigenvalue weighted by atomic mass is 9.81. The number of carbonyl (C=O) groups excluding carboxylic acids is 1. The van der Waals surface area contributed by atoms with E-state index in [4.69, 9.17) is 18.0 Å². The lowest BCUT2D eigenvalue weighted by Crippen LogP contribution is -2.57. The third-order valence-electron chi connectivity index (χ3n) is 4.86. The molecule has 0 aliphatic carbocycles. The lowest BCUT2D eigenvalue weighted by Gasteiger charge is -2.47. The van der Waals surface area contributed by atoms with Gasteiger partial charge in [-0.25, -0.2) is 0 Å². The first-order valence-corrected chi connectivity index (χ1v) is 7.56. The van der Waals surface area contributed by atoms with E-state index >= 15 is 0 Å². The van der Waals surface area contributed by atoms with Gasteiger partial charge < -0.3 is 16.0 Å². The number of nitrogens with two attached hydrogens (primary N) is 1. The van der Waals surface area contributed by atoms with Crippen molar-refractivity contribution in [3.63, 3.8) is 0 Å². The van der Waals surface area contributed by atoms with Crippen LogP contribution in [0.15, 0.2) is 0 Å². The highest BCUT2D eigenvalue weighted by Crippen LogP contribution is 2.33. The Kier molecular flexibility index (Phi) is 4.16. The second kappa shape index (κ2) is 5.37. The Bertz CT molecular complexity index is 369. The quantitative estimate of drug-likeness (QED) is 0.769. The number of nitrogens with one attached hydrogen (secondary N) is 1. The fourth-order valence-electron chi connectivity index (χ4n) is 3.21. The predicted octanol–water partition coefficient (Wildman–Crippen LogP) is 1.43. The fourth-order valence-corrected chi connectivity index (χ4v) is 3.30. The molecule has 19 heavy (non-hydrogen) atoms. The molecule has 0 aromatic heterocycles. The van der Waals surface area contributed by atoms with Gasteiger partial charge >= 0.3 is 0 Å². The molecule has 2 atom stereocenters. The van der Waals surface area contributed by atoms with Crippen molar-refractivity contribution in [1.82, 2.24) is 10.2 Å². The van der Waals surface area contributed by atoms with Gasteiger partial charge in [-0.05, 0) is 46.6 Å². The lowest BCUT2D eigenvalue weighted by molar-refractivity contribution is -0.127. The van der Waals surface area contributed by atoms with Crippen molar-refractivity contribution in [3.8, 4) is 0 Å². The van der Waals surface area contributed by atoms with Gasteiger partial charge in [0, 0.05) is 18.1 Å². The van der Waals surface area contributed by atoms with Gasteiger partial charge in [0.2, 0.25) is 5.91 Å². The van der Waals surface area contributed by atoms with Crippen LogP contribution in [0.25, 0.3) is 0 Å². The Hall–Kier alpha value is -0.680. The summed E-state index contributed by atoms with van der Waals surface area (Å²) in [6.07, 6.45) is 5.91. The van der Waals surface area contributed by atoms with Crippen LogP contribution in [-0.4, -0.2) is 41.0 Å². The molecule has 2 heterocycles. The van der Waals surface area contributed by atoms with Crippen LogP contribution in [0.1, 0.15) is 46.0 Å². The SMILES string of the molecule is CN1C2CCCC1CC(NC(=O)C(C)(C)C(N)=S)C2. The van der Waals surface area contributed by atoms with Gasteiger partial charge in [0.05, 0.1) is 10.4 Å². The van der Waals surface area contributed by atoms with E-state index in [2.05, 4.69) is 17.3 Å². The molecular formula is C14H25N3OS. The number of carbonyl (C=O) groups is 1. The summed E-state index contributed by atoms with van der Waals surface area (Å²) in [4.78, 5) is 15.0. The topological polar surface area (TPSA) is 58.4 Å². The summed E-state index contributed by atoms with van der Waals surface area (Å²) in [5.74, 6) is -0.0346. The van der Waals surface area contributed by atoms with Crippen molar-refractivity contribution in [1.29, 1.82) is 0 Å². The van der Waals surface area contributed by atoms with E-state index in [1.807, 2.05) is 0 Å². The van der Waals surface area contributed by atoms with Crippen LogP contribution >= 0.6 is 12.2 Å². The number of nitrogens with zero attached hydrogens (tertiary/aromatic N) is 1. The molecule has 2 aliphatic rings. The first kappa shape index (κ1) is 14.7. The molecule has 2 rings (SSSR count). The van der Waals surface area contributed by atoms with E-state index < -0.39 is 5.41 Å². The zero-order chi connectivity index (χ0) is 14.2. The molecule has 3 N–H and O–H groups in total. The van der Waals surface area contributed by atoms with Crippen molar-refractivity contribution in [2.24, 2.45) is 11.1 Å². The number of amides is 1. The first-order valence-electron chi connectivity index (χ1n) is 7.15. The van der Waals surface area contributed by atoms with E-state index in [1.165, 1.54) is 19.3 Å². The maximum Gasteiger partial charge on any atom is 0.232 e. The van der Waals surface area contributed by atoms with E-state index in [0.717, 1.165) is 12.8 Å². The highest BCUT2D eigenvalue weighted by Gasteiger charge is 2.39. The van der Waals surface area contributed by atoms with Gasteiger partial charge in [-0.2, -0.15) is 0 Å². The maximum atomic E-state index is 12.3. The standard InChI is InChI=1S/C14H25N3OS/c1-14(2,12(15)19)13(18)16-9-7-10-5-4-6-11(8-9)17(10)3/h9-11H,4-8H2,1-3H3,(H2,15,19)(H,16,18). The predicted molar refractivity (Wildman–Crippen MR) is 80.9 cm³/mol. The average Bonchev–Trinajstić information content (AvgIpc) is 2.30. The van der Waals surface area contributed by atoms with Gasteiger partial charge in [0.1, 0.15) is 0 Å². The summed E-state index contributed by atoms with van der Waals surface area (Å²) in [7, 11) is 2.21. The summed E-state index contributed by atoms with van der Waals surface area (Å²) in [6, 6.07) is 1.50. The summed E-state index contributed by atoms with van der Waals surface area (Å²) in [5.41, 5.74) is 4.90. The number of thiocarbonyl (C=S) groups is 1. The zero-order valence-corrected chi connectivity index (χ0v) is 12.9. The summed E-state index contributed by atoms with van der Waals surface area (Å²) < 4.78 is 0. The molecule has 108 valence electrons. The Labute approximate surface area is 121 Å². The summed E-state index contributed by atoms with van der Waals surface area (Å²) in [5, 5.41) is 3.16. The highest BCUT2D eigenvalue weighted by atomic mass is 32.1. The molecule has 0 aromatic rings. The third-order valence-corrected chi connectivity index (χ3v) is 5.37. The first-order chi connectivity index (χ1) is 8.82. The highest BCUT2D eigenvalue weighted by molar-refractivity contribution is 7.80. The van der Waals surface area contributed by atoms with E-state index in [-0.39, 0.29) is 16.9 Å². The molecule has 0 saturated carbocycles. The number of fused-ring (bicyclic) bond motifs is 2. The molecule has 5 heteroatoms. The minimum absolute atomic E-state index is 0.0346. The molecule has 0 spiro atoms. The zero-order valence-electron chi connectivity index (χ0n) is 12.1. The molecule has 4 nitrogen and oxygen atoms in total. The van der Waals surface area contributed by atoms with Crippen LogP contribution in [0.4, 0.5) is 0 Å². The molecule has 2 bridgehead atoms. The Morgan fingerprint density at radius 3 is 2.32 bits per heavy atom. The molecular weight excluding hydrogens is 258 g/mol. The summed E-state index contributed by atoms with van der Waals surface area (Å²) >= 11 is 4.98. The van der Waals surface area contributed by atoms with Crippen LogP contribution in [0.5, 0.6) is 0 Å². The van der Waals surface area contributed by atoms with Crippen molar-refractivity contribution in [2.45, 2.75) is 64.1 Å². The Morgan fingerprint density at radius 2 is 1.84 bits per heavy atom. The minimum Gasteiger partial charge on any atom is -0.392 e. The van der Waals surface area contributed by atoms with Crippen LogP contribution in [0.3, 0.4) is 0 Å². The third kappa shape index (κ3) is 2.92. The largest absolute Gasteiger partial charge is 0.392 e. The number of rotatable bonds is 3. The van der Waals surface area contributed by atoms with Gasteiger partial charge in [-0.1, -0.05) is 18.6 Å². The average molecular weight is 283 g/mol. The van der Waals surface area contributed by atoms with Gasteiger partial charge in [-0.15, -0.1) is 0 Å². The summed E-state index contributed by atoms with van der Waals surface area (Å²) in [6.45, 7) is 3.58. The molecule has 0 radical (unpaired) electrons. The van der Waals surface area contributed by atoms with Crippen LogP contribution in [-0.2, 0) is 4.79 Å². The molecule has 2 aliphatic heterocycles.